The predicted octanol–water partition coefficient (Wildman–Crippen LogP) is 0.294. The fourth-order valence-corrected chi connectivity index (χ4v) is 1.43. The van der Waals surface area contributed by atoms with E-state index < -0.39 is 11.9 Å². The number of carbonyl (C=O) groups is 3. The molecular formula is C9H10O5. The molecular weight excluding hydrogens is 188 g/mol. The zero-order valence-electron chi connectivity index (χ0n) is 7.70. The van der Waals surface area contributed by atoms with E-state index in [2.05, 4.69) is 4.74 Å². The molecule has 0 aromatic heterocycles. The Kier molecular flexibility index (Phi) is 3.01. The molecule has 5 heteroatoms. The molecule has 0 unspecified atom stereocenters. The molecule has 0 amide bonds. The quantitative estimate of drug-likeness (QED) is 0.520. The summed E-state index contributed by atoms with van der Waals surface area (Å²) in [5.41, 5.74) is 0.296. The van der Waals surface area contributed by atoms with Crippen molar-refractivity contribution in [2.45, 2.75) is 19.3 Å². The van der Waals surface area contributed by atoms with Crippen LogP contribution in [0.3, 0.4) is 0 Å². The van der Waals surface area contributed by atoms with Crippen LogP contribution in [0, 0.1) is 0 Å². The van der Waals surface area contributed by atoms with Crippen LogP contribution in [0.5, 0.6) is 0 Å². The number of carboxylic acids is 1. The molecule has 1 aliphatic rings. The van der Waals surface area contributed by atoms with Gasteiger partial charge in [0.2, 0.25) is 0 Å². The lowest BCUT2D eigenvalue weighted by Crippen LogP contribution is -2.12. The standard InChI is InChI=1S/C9H10O5/c1-14-9(13)8-5(4-7(11)12)2-3-6(8)10/h2-4H2,1H3,(H,11,12). The Balaban J connectivity index is 2.96. The Morgan fingerprint density at radius 3 is 2.57 bits per heavy atom. The molecule has 0 bridgehead atoms. The van der Waals surface area contributed by atoms with Crippen LogP contribution in [0.2, 0.25) is 0 Å². The maximum absolute atomic E-state index is 11.2. The summed E-state index contributed by atoms with van der Waals surface area (Å²) in [5.74, 6) is -2.10. The van der Waals surface area contributed by atoms with Crippen molar-refractivity contribution in [2.75, 3.05) is 7.11 Å². The Morgan fingerprint density at radius 2 is 2.07 bits per heavy atom. The van der Waals surface area contributed by atoms with Gasteiger partial charge in [-0.2, -0.15) is 0 Å². The van der Waals surface area contributed by atoms with E-state index in [9.17, 15) is 14.4 Å². The summed E-state index contributed by atoms with van der Waals surface area (Å²) in [5, 5.41) is 8.53. The monoisotopic (exact) mass is 198 g/mol. The number of carbonyl (C=O) groups excluding carboxylic acids is 2. The molecule has 1 N–H and O–H groups in total. The second-order valence-corrected chi connectivity index (χ2v) is 2.96. The Bertz CT molecular complexity index is 326. The van der Waals surface area contributed by atoms with Crippen LogP contribution in [0.15, 0.2) is 11.1 Å². The summed E-state index contributed by atoms with van der Waals surface area (Å²) in [6.07, 6.45) is 0.277. The Hall–Kier alpha value is -1.65. The van der Waals surface area contributed by atoms with Crippen molar-refractivity contribution in [3.8, 4) is 0 Å². The number of ether oxygens (including phenoxy) is 1. The molecule has 0 aromatic carbocycles. The average Bonchev–Trinajstić information content (AvgIpc) is 2.45. The molecule has 0 aromatic rings. The highest BCUT2D eigenvalue weighted by Crippen LogP contribution is 2.26. The van der Waals surface area contributed by atoms with Gasteiger partial charge in [0.15, 0.2) is 5.78 Å². The van der Waals surface area contributed by atoms with Crippen molar-refractivity contribution in [3.63, 3.8) is 0 Å². The highest BCUT2D eigenvalue weighted by Gasteiger charge is 2.30. The summed E-state index contributed by atoms with van der Waals surface area (Å²) < 4.78 is 4.41. The van der Waals surface area contributed by atoms with Gasteiger partial charge in [0.1, 0.15) is 5.57 Å². The van der Waals surface area contributed by atoms with Crippen molar-refractivity contribution in [1.29, 1.82) is 0 Å². The number of carboxylic acid groups (broad SMARTS) is 1. The zero-order chi connectivity index (χ0) is 10.7. The van der Waals surface area contributed by atoms with Gasteiger partial charge in [0.25, 0.3) is 0 Å². The van der Waals surface area contributed by atoms with Crippen LogP contribution in [-0.2, 0) is 19.1 Å². The van der Waals surface area contributed by atoms with Gasteiger partial charge >= 0.3 is 11.9 Å². The lowest BCUT2D eigenvalue weighted by molar-refractivity contribution is -0.137. The summed E-state index contributed by atoms with van der Waals surface area (Å²) in [6.45, 7) is 0. The average molecular weight is 198 g/mol. The van der Waals surface area contributed by atoms with Gasteiger partial charge in [-0.05, 0) is 12.0 Å². The van der Waals surface area contributed by atoms with E-state index in [0.29, 0.717) is 12.0 Å². The van der Waals surface area contributed by atoms with E-state index in [-0.39, 0.29) is 24.2 Å². The van der Waals surface area contributed by atoms with Crippen LogP contribution in [0.1, 0.15) is 19.3 Å². The maximum Gasteiger partial charge on any atom is 0.341 e. The van der Waals surface area contributed by atoms with Gasteiger partial charge in [-0.3, -0.25) is 9.59 Å². The number of esters is 1. The summed E-state index contributed by atoms with van der Waals surface area (Å²) >= 11 is 0. The van der Waals surface area contributed by atoms with Gasteiger partial charge < -0.3 is 9.84 Å². The first-order chi connectivity index (χ1) is 6.56. The molecule has 0 saturated heterocycles. The number of aliphatic carboxylic acids is 1. The van der Waals surface area contributed by atoms with E-state index in [1.807, 2.05) is 0 Å². The van der Waals surface area contributed by atoms with Crippen molar-refractivity contribution in [3.05, 3.63) is 11.1 Å². The number of rotatable bonds is 3. The van der Waals surface area contributed by atoms with Crippen LogP contribution in [-0.4, -0.2) is 29.9 Å². The fourth-order valence-electron chi connectivity index (χ4n) is 1.43. The van der Waals surface area contributed by atoms with Crippen LogP contribution < -0.4 is 0 Å². The molecule has 0 heterocycles. The number of hydrogen-bond donors (Lipinski definition) is 1. The molecule has 0 saturated carbocycles. The van der Waals surface area contributed by atoms with Crippen molar-refractivity contribution in [1.82, 2.24) is 0 Å². The summed E-state index contributed by atoms with van der Waals surface area (Å²) in [4.78, 5) is 32.8. The lowest BCUT2D eigenvalue weighted by Gasteiger charge is -2.01. The second kappa shape index (κ2) is 4.04. The molecule has 0 fully saturated rings. The molecule has 0 radical (unpaired) electrons. The molecule has 1 rings (SSSR count). The maximum atomic E-state index is 11.2. The van der Waals surface area contributed by atoms with Gasteiger partial charge in [-0.25, -0.2) is 4.79 Å². The largest absolute Gasteiger partial charge is 0.481 e. The smallest absolute Gasteiger partial charge is 0.341 e. The molecule has 5 nitrogen and oxygen atoms in total. The van der Waals surface area contributed by atoms with E-state index >= 15 is 0 Å². The minimum Gasteiger partial charge on any atom is -0.481 e. The van der Waals surface area contributed by atoms with Crippen molar-refractivity contribution in [2.24, 2.45) is 0 Å². The molecule has 1 aliphatic carbocycles. The van der Waals surface area contributed by atoms with Crippen LogP contribution in [0.25, 0.3) is 0 Å². The number of methoxy groups -OCH3 is 1. The van der Waals surface area contributed by atoms with Gasteiger partial charge in [-0.15, -0.1) is 0 Å². The fraction of sp³-hybridized carbons (Fsp3) is 0.444. The first-order valence-corrected chi connectivity index (χ1v) is 4.11. The lowest BCUT2D eigenvalue weighted by atomic mass is 10.1. The van der Waals surface area contributed by atoms with Crippen molar-refractivity contribution < 1.29 is 24.2 Å². The third kappa shape index (κ3) is 1.99. The first kappa shape index (κ1) is 10.4. The second-order valence-electron chi connectivity index (χ2n) is 2.96. The predicted molar refractivity (Wildman–Crippen MR) is 45.5 cm³/mol. The first-order valence-electron chi connectivity index (χ1n) is 4.11. The van der Waals surface area contributed by atoms with E-state index in [1.54, 1.807) is 0 Å². The van der Waals surface area contributed by atoms with E-state index in [4.69, 9.17) is 5.11 Å². The molecule has 0 spiro atoms. The normalized spacial score (nSPS) is 15.9. The van der Waals surface area contributed by atoms with Crippen LogP contribution in [0.4, 0.5) is 0 Å². The third-order valence-corrected chi connectivity index (χ3v) is 2.04. The minimum absolute atomic E-state index is 0.0742. The van der Waals surface area contributed by atoms with Gasteiger partial charge in [0, 0.05) is 6.42 Å². The van der Waals surface area contributed by atoms with Gasteiger partial charge in [0.05, 0.1) is 13.5 Å². The summed E-state index contributed by atoms with van der Waals surface area (Å²) in [7, 11) is 1.17. The van der Waals surface area contributed by atoms with E-state index in [1.165, 1.54) is 7.11 Å². The molecule has 0 atom stereocenters. The summed E-state index contributed by atoms with van der Waals surface area (Å²) in [6, 6.07) is 0. The molecule has 76 valence electrons. The topological polar surface area (TPSA) is 80.7 Å². The zero-order valence-corrected chi connectivity index (χ0v) is 7.70. The number of Topliss-reactive ketones (excluding diaryl/α,β-unsaturated/α-hetero) is 1. The van der Waals surface area contributed by atoms with E-state index in [0.717, 1.165) is 0 Å². The molecule has 0 aliphatic heterocycles. The number of hydrogen-bond acceptors (Lipinski definition) is 4. The Labute approximate surface area is 80.4 Å². The highest BCUT2D eigenvalue weighted by molar-refractivity contribution is 6.19. The van der Waals surface area contributed by atoms with Crippen LogP contribution >= 0.6 is 0 Å². The van der Waals surface area contributed by atoms with Crippen molar-refractivity contribution >= 4 is 17.7 Å². The number of ketones is 1. The Morgan fingerprint density at radius 1 is 1.43 bits per heavy atom. The van der Waals surface area contributed by atoms with Gasteiger partial charge in [-0.1, -0.05) is 0 Å². The third-order valence-electron chi connectivity index (χ3n) is 2.04. The minimum atomic E-state index is -1.05. The molecule has 14 heavy (non-hydrogen) atoms. The highest BCUT2D eigenvalue weighted by atomic mass is 16.5. The SMILES string of the molecule is COC(=O)C1=C(CC(=O)O)CCC1=O.